The molecule has 6 aromatic rings. The van der Waals surface area contributed by atoms with Crippen molar-refractivity contribution >= 4 is 39.4 Å². The number of hydrogen-bond donors (Lipinski definition) is 1. The number of nitrogens with zero attached hydrogens (tertiary/aromatic N) is 5. The minimum Gasteiger partial charge on any atom is -0.493 e. The average molecular weight is 617 g/mol. The molecule has 11 nitrogen and oxygen atoms in total. The van der Waals surface area contributed by atoms with Crippen LogP contribution in [0.1, 0.15) is 17.2 Å². The summed E-state index contributed by atoms with van der Waals surface area (Å²) >= 11 is 0. The fourth-order valence-corrected chi connectivity index (χ4v) is 5.43. The van der Waals surface area contributed by atoms with Gasteiger partial charge in [-0.15, -0.1) is 5.10 Å². The van der Waals surface area contributed by atoms with Crippen LogP contribution in [-0.2, 0) is 22.7 Å². The van der Waals surface area contributed by atoms with Gasteiger partial charge >= 0.3 is 0 Å². The highest BCUT2D eigenvalue weighted by molar-refractivity contribution is 6.02. The third kappa shape index (κ3) is 6.03. The van der Waals surface area contributed by atoms with E-state index in [-0.39, 0.29) is 13.1 Å². The van der Waals surface area contributed by atoms with Crippen LogP contribution in [0.15, 0.2) is 103 Å². The predicted octanol–water partition coefficient (Wildman–Crippen LogP) is 5.10. The SMILES string of the molecule is COc1cc([C@H](C(=O)NCc2ccccc2)N(C(=O)Cn2nnc3ccccc32)c2cnc3ccccc3c2)cc(OC)c1OC. The lowest BCUT2D eigenvalue weighted by atomic mass is 10.0. The molecule has 2 amide bonds. The van der Waals surface area contributed by atoms with Crippen molar-refractivity contribution in [1.82, 2.24) is 25.3 Å². The van der Waals surface area contributed by atoms with Crippen LogP contribution in [0.4, 0.5) is 5.69 Å². The Kier molecular flexibility index (Phi) is 8.73. The van der Waals surface area contributed by atoms with Gasteiger partial charge in [-0.25, -0.2) is 4.68 Å². The van der Waals surface area contributed by atoms with E-state index in [1.165, 1.54) is 30.9 Å². The number of rotatable bonds is 11. The molecule has 0 aliphatic heterocycles. The summed E-state index contributed by atoms with van der Waals surface area (Å²) in [6, 6.07) is 28.5. The largest absolute Gasteiger partial charge is 0.493 e. The van der Waals surface area contributed by atoms with E-state index >= 15 is 0 Å². The third-order valence-corrected chi connectivity index (χ3v) is 7.65. The number of pyridine rings is 1. The maximum Gasteiger partial charge on any atom is 0.249 e. The number of methoxy groups -OCH3 is 3. The number of fused-ring (bicyclic) bond motifs is 2. The number of carbonyl (C=O) groups is 2. The summed E-state index contributed by atoms with van der Waals surface area (Å²) in [7, 11) is 4.50. The van der Waals surface area contributed by atoms with Crippen molar-refractivity contribution in [2.75, 3.05) is 26.2 Å². The van der Waals surface area contributed by atoms with Crippen LogP contribution in [0, 0.1) is 0 Å². The molecule has 11 heteroatoms. The number of hydrogen-bond acceptors (Lipinski definition) is 8. The summed E-state index contributed by atoms with van der Waals surface area (Å²) in [5.41, 5.74) is 3.84. The molecular weight excluding hydrogens is 584 g/mol. The fourth-order valence-electron chi connectivity index (χ4n) is 5.43. The van der Waals surface area contributed by atoms with Crippen molar-refractivity contribution in [3.8, 4) is 17.2 Å². The number of carbonyl (C=O) groups excluding carboxylic acids is 2. The van der Waals surface area contributed by atoms with E-state index in [9.17, 15) is 9.59 Å². The zero-order chi connectivity index (χ0) is 32.0. The van der Waals surface area contributed by atoms with Gasteiger partial charge in [0.15, 0.2) is 11.5 Å². The Hall–Kier alpha value is -5.97. The van der Waals surface area contributed by atoms with Gasteiger partial charge in [-0.3, -0.25) is 19.5 Å². The van der Waals surface area contributed by atoms with Gasteiger partial charge in [-0.05, 0) is 47.5 Å². The van der Waals surface area contributed by atoms with Crippen LogP contribution in [0.3, 0.4) is 0 Å². The summed E-state index contributed by atoms with van der Waals surface area (Å²) in [6.45, 7) is 0.0482. The van der Waals surface area contributed by atoms with Crippen LogP contribution in [-0.4, -0.2) is 53.1 Å². The molecular formula is C35H32N6O5. The Balaban J connectivity index is 1.51. The molecule has 4 aromatic carbocycles. The van der Waals surface area contributed by atoms with Crippen molar-refractivity contribution in [2.24, 2.45) is 0 Å². The monoisotopic (exact) mass is 616 g/mol. The van der Waals surface area contributed by atoms with Gasteiger partial charge in [0.1, 0.15) is 18.1 Å². The fraction of sp³-hybridized carbons (Fsp3) is 0.171. The molecule has 0 saturated heterocycles. The van der Waals surface area contributed by atoms with Crippen molar-refractivity contribution in [3.05, 3.63) is 114 Å². The predicted molar refractivity (Wildman–Crippen MR) is 174 cm³/mol. The summed E-state index contributed by atoms with van der Waals surface area (Å²) in [5.74, 6) is 0.189. The molecule has 0 saturated carbocycles. The van der Waals surface area contributed by atoms with Crippen LogP contribution >= 0.6 is 0 Å². The number of amides is 2. The van der Waals surface area contributed by atoms with Crippen LogP contribution in [0.5, 0.6) is 17.2 Å². The molecule has 1 atom stereocenters. The molecule has 0 radical (unpaired) electrons. The molecule has 0 spiro atoms. The Bertz CT molecular complexity index is 1990. The zero-order valence-electron chi connectivity index (χ0n) is 25.6. The molecule has 0 unspecified atom stereocenters. The summed E-state index contributed by atoms with van der Waals surface area (Å²) in [5, 5.41) is 12.3. The third-order valence-electron chi connectivity index (χ3n) is 7.65. The summed E-state index contributed by atoms with van der Waals surface area (Å²) in [6.07, 6.45) is 1.59. The smallest absolute Gasteiger partial charge is 0.249 e. The second-order valence-electron chi connectivity index (χ2n) is 10.5. The van der Waals surface area contributed by atoms with Crippen LogP contribution in [0.2, 0.25) is 0 Å². The summed E-state index contributed by atoms with van der Waals surface area (Å²) in [4.78, 5) is 35.0. The van der Waals surface area contributed by atoms with Gasteiger partial charge in [0.25, 0.3) is 0 Å². The number of para-hydroxylation sites is 2. The first-order valence-corrected chi connectivity index (χ1v) is 14.6. The lowest BCUT2D eigenvalue weighted by Crippen LogP contribution is -2.45. The first-order chi connectivity index (χ1) is 22.5. The highest BCUT2D eigenvalue weighted by Crippen LogP contribution is 2.42. The minimum absolute atomic E-state index is 0.194. The Labute approximate surface area is 265 Å². The van der Waals surface area contributed by atoms with Gasteiger partial charge in [0.05, 0.1) is 44.2 Å². The molecule has 0 fully saturated rings. The number of nitrogens with one attached hydrogen (secondary N) is 1. The highest BCUT2D eigenvalue weighted by Gasteiger charge is 2.35. The first-order valence-electron chi connectivity index (χ1n) is 14.6. The van der Waals surface area contributed by atoms with Gasteiger partial charge in [0, 0.05) is 11.9 Å². The van der Waals surface area contributed by atoms with Gasteiger partial charge in [-0.2, -0.15) is 0 Å². The zero-order valence-corrected chi connectivity index (χ0v) is 25.6. The lowest BCUT2D eigenvalue weighted by Gasteiger charge is -2.32. The molecule has 0 bridgehead atoms. The molecule has 1 N–H and O–H groups in total. The second-order valence-corrected chi connectivity index (χ2v) is 10.5. The van der Waals surface area contributed by atoms with E-state index < -0.39 is 17.9 Å². The second kappa shape index (κ2) is 13.3. The lowest BCUT2D eigenvalue weighted by molar-refractivity contribution is -0.127. The quantitative estimate of drug-likeness (QED) is 0.214. The normalized spacial score (nSPS) is 11.6. The number of ether oxygens (including phenoxy) is 3. The van der Waals surface area contributed by atoms with Crippen molar-refractivity contribution in [2.45, 2.75) is 19.1 Å². The molecule has 232 valence electrons. The number of aromatic nitrogens is 4. The first kappa shape index (κ1) is 30.1. The Morgan fingerprint density at radius 2 is 1.50 bits per heavy atom. The van der Waals surface area contributed by atoms with Crippen LogP contribution < -0.4 is 24.4 Å². The average Bonchev–Trinajstić information content (AvgIpc) is 3.51. The van der Waals surface area contributed by atoms with E-state index in [1.54, 1.807) is 18.3 Å². The van der Waals surface area contributed by atoms with E-state index in [2.05, 4.69) is 20.6 Å². The highest BCUT2D eigenvalue weighted by atomic mass is 16.5. The topological polar surface area (TPSA) is 121 Å². The van der Waals surface area contributed by atoms with Crippen molar-refractivity contribution < 1.29 is 23.8 Å². The van der Waals surface area contributed by atoms with Crippen LogP contribution in [0.25, 0.3) is 21.9 Å². The number of benzene rings is 4. The van der Waals surface area contributed by atoms with E-state index in [4.69, 9.17) is 14.2 Å². The Morgan fingerprint density at radius 1 is 0.826 bits per heavy atom. The van der Waals surface area contributed by atoms with Gasteiger partial charge in [-0.1, -0.05) is 65.9 Å². The molecule has 46 heavy (non-hydrogen) atoms. The minimum atomic E-state index is -1.18. The molecule has 2 aromatic heterocycles. The molecule has 0 aliphatic carbocycles. The maximum atomic E-state index is 14.6. The van der Waals surface area contributed by atoms with E-state index in [0.717, 1.165) is 16.5 Å². The van der Waals surface area contributed by atoms with Gasteiger partial charge < -0.3 is 19.5 Å². The standard InChI is InChI=1S/C35H32N6O5/c1-44-30-18-25(19-31(45-2)34(30)46-3)33(35(43)37-20-23-11-5-4-6-12-23)41(26-17-24-13-7-8-14-27(24)36-21-26)32(42)22-40-29-16-10-9-15-28(29)38-39-40/h4-19,21,33H,20,22H2,1-3H3,(H,37,43)/t33-/m1/s1. The Morgan fingerprint density at radius 3 is 2.22 bits per heavy atom. The molecule has 0 aliphatic rings. The molecule has 6 rings (SSSR count). The van der Waals surface area contributed by atoms with Crippen molar-refractivity contribution in [1.29, 1.82) is 0 Å². The number of anilines is 1. The van der Waals surface area contributed by atoms with E-state index in [1.807, 2.05) is 84.9 Å². The van der Waals surface area contributed by atoms with Crippen molar-refractivity contribution in [3.63, 3.8) is 0 Å². The van der Waals surface area contributed by atoms with E-state index in [0.29, 0.717) is 39.5 Å². The summed E-state index contributed by atoms with van der Waals surface area (Å²) < 4.78 is 18.4. The van der Waals surface area contributed by atoms with Gasteiger partial charge in [0.2, 0.25) is 17.6 Å². The molecule has 2 heterocycles. The maximum absolute atomic E-state index is 14.6.